The van der Waals surface area contributed by atoms with Gasteiger partial charge >= 0.3 is 0 Å². The molecule has 1 amide bonds. The van der Waals surface area contributed by atoms with Crippen molar-refractivity contribution < 1.29 is 4.79 Å². The van der Waals surface area contributed by atoms with E-state index in [2.05, 4.69) is 82.8 Å². The molecule has 1 N–H and O–H groups in total. The van der Waals surface area contributed by atoms with Gasteiger partial charge in [0.05, 0.1) is 5.41 Å². The summed E-state index contributed by atoms with van der Waals surface area (Å²) in [4.78, 5) is 20.1. The van der Waals surface area contributed by atoms with Gasteiger partial charge in [-0.1, -0.05) is 67.6 Å². The van der Waals surface area contributed by atoms with Crippen LogP contribution >= 0.6 is 0 Å². The zero-order chi connectivity index (χ0) is 22.4. The average Bonchev–Trinajstić information content (AvgIpc) is 2.85. The van der Waals surface area contributed by atoms with Crippen LogP contribution in [-0.2, 0) is 11.2 Å². The van der Waals surface area contributed by atoms with Crippen LogP contribution in [0.4, 0.5) is 0 Å². The summed E-state index contributed by atoms with van der Waals surface area (Å²) in [6.07, 6.45) is 6.37. The van der Waals surface area contributed by atoms with Crippen molar-refractivity contribution in [2.24, 2.45) is 5.41 Å². The number of likely N-dealkylation sites (tertiary alicyclic amines) is 1. The third kappa shape index (κ3) is 4.91. The Labute approximate surface area is 191 Å². The van der Waals surface area contributed by atoms with Crippen LogP contribution in [0.1, 0.15) is 36.8 Å². The van der Waals surface area contributed by atoms with E-state index in [1.807, 2.05) is 12.3 Å². The molecule has 4 nitrogen and oxygen atoms in total. The fourth-order valence-electron chi connectivity index (χ4n) is 5.18. The highest BCUT2D eigenvalue weighted by Crippen LogP contribution is 2.37. The van der Waals surface area contributed by atoms with E-state index < -0.39 is 5.41 Å². The molecule has 0 radical (unpaired) electrons. The molecular formula is C28H33N3O. The van der Waals surface area contributed by atoms with Crippen molar-refractivity contribution >= 4 is 5.91 Å². The molecule has 1 aliphatic rings. The zero-order valence-electron chi connectivity index (χ0n) is 19.1. The molecule has 1 aliphatic heterocycles. The second kappa shape index (κ2) is 10.1. The summed E-state index contributed by atoms with van der Waals surface area (Å²) >= 11 is 0. The molecule has 0 saturated carbocycles. The molecule has 32 heavy (non-hydrogen) atoms. The highest BCUT2D eigenvalue weighted by molar-refractivity contribution is 5.83. The summed E-state index contributed by atoms with van der Waals surface area (Å²) in [5, 5.41) is 2.98. The maximum absolute atomic E-state index is 13.3. The Morgan fingerprint density at radius 1 is 1.09 bits per heavy atom. The Morgan fingerprint density at radius 3 is 2.62 bits per heavy atom. The summed E-state index contributed by atoms with van der Waals surface area (Å²) in [6, 6.07) is 23.2. The van der Waals surface area contributed by atoms with Crippen LogP contribution in [0.15, 0.2) is 79.1 Å². The molecule has 2 atom stereocenters. The number of hydrogen-bond donors (Lipinski definition) is 1. The van der Waals surface area contributed by atoms with E-state index in [0.717, 1.165) is 44.5 Å². The molecule has 0 aliphatic carbocycles. The molecule has 3 aromatic rings. The number of piperidine rings is 1. The van der Waals surface area contributed by atoms with E-state index in [9.17, 15) is 4.79 Å². The maximum Gasteiger partial charge on any atom is 0.227 e. The Balaban J connectivity index is 1.59. The molecule has 2 aromatic carbocycles. The lowest BCUT2D eigenvalue weighted by Crippen LogP contribution is -2.53. The minimum Gasteiger partial charge on any atom is -0.359 e. The maximum atomic E-state index is 13.3. The molecule has 4 rings (SSSR count). The molecular weight excluding hydrogens is 394 g/mol. The van der Waals surface area contributed by atoms with E-state index in [4.69, 9.17) is 0 Å². The first kappa shape index (κ1) is 22.2. The molecule has 1 saturated heterocycles. The Kier molecular flexibility index (Phi) is 7.01. The van der Waals surface area contributed by atoms with E-state index in [-0.39, 0.29) is 5.91 Å². The third-order valence-corrected chi connectivity index (χ3v) is 6.78. The molecule has 4 heteroatoms. The van der Waals surface area contributed by atoms with Crippen molar-refractivity contribution in [2.45, 2.75) is 32.1 Å². The first-order valence-corrected chi connectivity index (χ1v) is 11.6. The number of pyridine rings is 1. The quantitative estimate of drug-likeness (QED) is 0.582. The van der Waals surface area contributed by atoms with Gasteiger partial charge in [-0.25, -0.2) is 0 Å². The van der Waals surface area contributed by atoms with Gasteiger partial charge in [0.25, 0.3) is 0 Å². The molecule has 1 fully saturated rings. The minimum atomic E-state index is -0.429. The lowest BCUT2D eigenvalue weighted by molar-refractivity contribution is -0.134. The van der Waals surface area contributed by atoms with Gasteiger partial charge < -0.3 is 10.2 Å². The summed E-state index contributed by atoms with van der Waals surface area (Å²) in [6.45, 7) is 5.07. The number of carbonyl (C=O) groups is 1. The SMILES string of the molecule is CNC(=O)[C@@]1(Cc2ccccc2-c2cccnc2)CCCN(C[C@@H](C)c2ccccc2)C1. The molecule has 2 heterocycles. The number of carbonyl (C=O) groups excluding carboxylic acids is 1. The van der Waals surface area contributed by atoms with Gasteiger partial charge in [0.2, 0.25) is 5.91 Å². The number of amides is 1. The number of nitrogens with zero attached hydrogens (tertiary/aromatic N) is 2. The average molecular weight is 428 g/mol. The fraction of sp³-hybridized carbons (Fsp3) is 0.357. The Bertz CT molecular complexity index is 1020. The number of rotatable bonds is 7. The smallest absolute Gasteiger partial charge is 0.227 e. The lowest BCUT2D eigenvalue weighted by atomic mass is 9.73. The fourth-order valence-corrected chi connectivity index (χ4v) is 5.18. The monoisotopic (exact) mass is 427 g/mol. The predicted molar refractivity (Wildman–Crippen MR) is 130 cm³/mol. The van der Waals surface area contributed by atoms with Crippen molar-refractivity contribution in [2.75, 3.05) is 26.7 Å². The van der Waals surface area contributed by atoms with Crippen LogP contribution in [0.2, 0.25) is 0 Å². The summed E-state index contributed by atoms with van der Waals surface area (Å²) < 4.78 is 0. The van der Waals surface area contributed by atoms with Crippen LogP contribution in [-0.4, -0.2) is 42.5 Å². The predicted octanol–water partition coefficient (Wildman–Crippen LogP) is 4.92. The number of aromatic nitrogens is 1. The lowest BCUT2D eigenvalue weighted by Gasteiger charge is -2.42. The zero-order valence-corrected chi connectivity index (χ0v) is 19.1. The normalized spacial score (nSPS) is 19.9. The van der Waals surface area contributed by atoms with Crippen molar-refractivity contribution in [3.63, 3.8) is 0 Å². The van der Waals surface area contributed by atoms with Gasteiger partial charge in [-0.15, -0.1) is 0 Å². The highest BCUT2D eigenvalue weighted by Gasteiger charge is 2.42. The molecule has 1 aromatic heterocycles. The first-order chi connectivity index (χ1) is 15.6. The van der Waals surface area contributed by atoms with Crippen LogP contribution in [0.25, 0.3) is 11.1 Å². The van der Waals surface area contributed by atoms with Gasteiger partial charge in [0, 0.05) is 38.1 Å². The minimum absolute atomic E-state index is 0.149. The molecule has 166 valence electrons. The Morgan fingerprint density at radius 2 is 1.88 bits per heavy atom. The topological polar surface area (TPSA) is 45.2 Å². The first-order valence-electron chi connectivity index (χ1n) is 11.6. The second-order valence-electron chi connectivity index (χ2n) is 9.09. The van der Waals surface area contributed by atoms with Gasteiger partial charge in [-0.2, -0.15) is 0 Å². The van der Waals surface area contributed by atoms with E-state index in [1.54, 1.807) is 13.2 Å². The second-order valence-corrected chi connectivity index (χ2v) is 9.09. The molecule has 0 bridgehead atoms. The number of nitrogens with one attached hydrogen (secondary N) is 1. The van der Waals surface area contributed by atoms with E-state index >= 15 is 0 Å². The molecule has 0 unspecified atom stereocenters. The van der Waals surface area contributed by atoms with Gasteiger partial charge in [-0.05, 0) is 54.5 Å². The van der Waals surface area contributed by atoms with E-state index in [0.29, 0.717) is 5.92 Å². The van der Waals surface area contributed by atoms with Crippen molar-refractivity contribution in [1.29, 1.82) is 0 Å². The van der Waals surface area contributed by atoms with Crippen molar-refractivity contribution in [1.82, 2.24) is 15.2 Å². The van der Waals surface area contributed by atoms with Crippen LogP contribution in [0.3, 0.4) is 0 Å². The van der Waals surface area contributed by atoms with Crippen LogP contribution < -0.4 is 5.32 Å². The molecule has 0 spiro atoms. The number of hydrogen-bond acceptors (Lipinski definition) is 3. The summed E-state index contributed by atoms with van der Waals surface area (Å²) in [5.74, 6) is 0.579. The standard InChI is InChI=1S/C28H33N3O/c1-22(23-10-4-3-5-11-23)20-31-17-9-15-28(21-31,27(32)29-2)18-24-12-6-7-14-26(24)25-13-8-16-30-19-25/h3-8,10-14,16,19,22H,9,15,17-18,20-21H2,1-2H3,(H,29,32)/t22-,28-/m1/s1. The number of benzene rings is 2. The van der Waals surface area contributed by atoms with Gasteiger partial charge in [-0.3, -0.25) is 9.78 Å². The van der Waals surface area contributed by atoms with Gasteiger partial charge in [0.15, 0.2) is 0 Å². The summed E-state index contributed by atoms with van der Waals surface area (Å²) in [5.41, 5.74) is 4.40. The largest absolute Gasteiger partial charge is 0.359 e. The van der Waals surface area contributed by atoms with Crippen LogP contribution in [0, 0.1) is 5.41 Å². The third-order valence-electron chi connectivity index (χ3n) is 6.78. The highest BCUT2D eigenvalue weighted by atomic mass is 16.2. The van der Waals surface area contributed by atoms with Crippen molar-refractivity contribution in [3.05, 3.63) is 90.3 Å². The van der Waals surface area contributed by atoms with Crippen molar-refractivity contribution in [3.8, 4) is 11.1 Å². The van der Waals surface area contributed by atoms with E-state index in [1.165, 1.54) is 16.7 Å². The van der Waals surface area contributed by atoms with Crippen LogP contribution in [0.5, 0.6) is 0 Å². The summed E-state index contributed by atoms with van der Waals surface area (Å²) in [7, 11) is 1.77. The van der Waals surface area contributed by atoms with Gasteiger partial charge in [0.1, 0.15) is 0 Å². The Hall–Kier alpha value is -2.98.